The number of benzene rings is 2. The van der Waals surface area contributed by atoms with Crippen molar-refractivity contribution in [1.29, 1.82) is 0 Å². The Balaban J connectivity index is 1.07. The van der Waals surface area contributed by atoms with Gasteiger partial charge in [-0.25, -0.2) is 9.78 Å². The quantitative estimate of drug-likeness (QED) is 0.305. The van der Waals surface area contributed by atoms with Gasteiger partial charge in [-0.2, -0.15) is 0 Å². The number of fused-ring (bicyclic) bond motifs is 2. The highest BCUT2D eigenvalue weighted by Crippen LogP contribution is 2.31. The summed E-state index contributed by atoms with van der Waals surface area (Å²) in [4.78, 5) is 50.2. The summed E-state index contributed by atoms with van der Waals surface area (Å²) in [5.74, 6) is 0.507. The molecule has 2 aromatic carbocycles. The number of halogens is 1. The molecule has 12 heteroatoms. The molecule has 0 bridgehead atoms. The summed E-state index contributed by atoms with van der Waals surface area (Å²) in [7, 11) is 1.67. The molecule has 0 saturated carbocycles. The summed E-state index contributed by atoms with van der Waals surface area (Å²) in [6.45, 7) is 4.85. The summed E-state index contributed by atoms with van der Waals surface area (Å²) >= 11 is 7.72. The molecule has 4 heterocycles. The van der Waals surface area contributed by atoms with E-state index in [2.05, 4.69) is 9.88 Å². The first-order valence-corrected chi connectivity index (χ1v) is 14.7. The van der Waals surface area contributed by atoms with Crippen LogP contribution in [0.2, 0.25) is 5.02 Å². The number of aromatic amines is 1. The van der Waals surface area contributed by atoms with Crippen molar-refractivity contribution >= 4 is 55.2 Å². The van der Waals surface area contributed by atoms with Gasteiger partial charge >= 0.3 is 5.69 Å². The van der Waals surface area contributed by atoms with Crippen molar-refractivity contribution in [2.45, 2.75) is 19.9 Å². The number of aromatic nitrogens is 4. The van der Waals surface area contributed by atoms with Gasteiger partial charge in [0, 0.05) is 50.5 Å². The summed E-state index contributed by atoms with van der Waals surface area (Å²) < 4.78 is 9.59. The number of hydrogen-bond acceptors (Lipinski definition) is 7. The van der Waals surface area contributed by atoms with Crippen LogP contribution in [-0.2, 0) is 18.4 Å². The van der Waals surface area contributed by atoms with E-state index >= 15 is 0 Å². The summed E-state index contributed by atoms with van der Waals surface area (Å²) in [5, 5.41) is 1.64. The highest BCUT2D eigenvalue weighted by atomic mass is 35.5. The first kappa shape index (κ1) is 27.1. The zero-order valence-corrected chi connectivity index (χ0v) is 24.3. The van der Waals surface area contributed by atoms with Crippen LogP contribution in [0.15, 0.2) is 58.1 Å². The van der Waals surface area contributed by atoms with Crippen molar-refractivity contribution in [2.24, 2.45) is 7.05 Å². The Hall–Kier alpha value is -4.09. The van der Waals surface area contributed by atoms with E-state index in [1.165, 1.54) is 9.13 Å². The van der Waals surface area contributed by atoms with Gasteiger partial charge in [0.25, 0.3) is 11.5 Å². The van der Waals surface area contributed by atoms with E-state index in [1.54, 1.807) is 36.6 Å². The fourth-order valence-corrected chi connectivity index (χ4v) is 6.38. The molecule has 1 aliphatic heterocycles. The Morgan fingerprint density at radius 1 is 1.07 bits per heavy atom. The molecule has 212 valence electrons. The Morgan fingerprint density at radius 3 is 2.56 bits per heavy atom. The molecule has 1 fully saturated rings. The van der Waals surface area contributed by atoms with Gasteiger partial charge in [-0.1, -0.05) is 29.9 Å². The highest BCUT2D eigenvalue weighted by Gasteiger charge is 2.23. The maximum atomic E-state index is 12.9. The molecule has 1 amide bonds. The lowest BCUT2D eigenvalue weighted by Gasteiger charge is -2.34. The second-order valence-corrected chi connectivity index (χ2v) is 11.5. The monoisotopic (exact) mass is 592 g/mol. The molecule has 0 spiro atoms. The molecular formula is C29H29ClN6O4S. The van der Waals surface area contributed by atoms with Gasteiger partial charge < -0.3 is 19.5 Å². The average molecular weight is 593 g/mol. The number of H-pyrrole nitrogens is 1. The van der Waals surface area contributed by atoms with Crippen LogP contribution >= 0.6 is 22.9 Å². The van der Waals surface area contributed by atoms with Gasteiger partial charge in [-0.15, -0.1) is 0 Å². The molecule has 6 rings (SSSR count). The van der Waals surface area contributed by atoms with E-state index in [9.17, 15) is 14.4 Å². The molecule has 41 heavy (non-hydrogen) atoms. The van der Waals surface area contributed by atoms with Gasteiger partial charge in [0.15, 0.2) is 11.7 Å². The zero-order chi connectivity index (χ0) is 28.7. The molecule has 1 N–H and O–H groups in total. The minimum Gasteiger partial charge on any atom is -0.484 e. The van der Waals surface area contributed by atoms with E-state index in [-0.39, 0.29) is 23.8 Å². The third-order valence-electron chi connectivity index (χ3n) is 7.35. The molecule has 0 atom stereocenters. The SMILES string of the molecule is CCCn1c(=O)c2[nH]c(-c3ccc(OCC(=O)N4CCN(c5nc6ccc(Cl)cc6s5)CC4)cc3)cc2n(C)c1=O. The van der Waals surface area contributed by atoms with E-state index in [1.807, 2.05) is 42.2 Å². The van der Waals surface area contributed by atoms with Crippen LogP contribution in [0.4, 0.5) is 5.13 Å². The average Bonchev–Trinajstić information content (AvgIpc) is 3.62. The number of nitrogens with zero attached hydrogens (tertiary/aromatic N) is 5. The van der Waals surface area contributed by atoms with Crippen molar-refractivity contribution in [3.05, 3.63) is 74.4 Å². The number of nitrogens with one attached hydrogen (secondary N) is 1. The Kier molecular flexibility index (Phi) is 7.31. The van der Waals surface area contributed by atoms with Crippen LogP contribution in [0.25, 0.3) is 32.5 Å². The first-order valence-electron chi connectivity index (χ1n) is 13.5. The maximum Gasteiger partial charge on any atom is 0.331 e. The third kappa shape index (κ3) is 5.22. The van der Waals surface area contributed by atoms with Gasteiger partial charge in [-0.05, 0) is 60.5 Å². The second-order valence-electron chi connectivity index (χ2n) is 10.0. The molecule has 0 radical (unpaired) electrons. The minimum absolute atomic E-state index is 0.0511. The van der Waals surface area contributed by atoms with Crippen LogP contribution in [0.5, 0.6) is 5.75 Å². The number of hydrogen-bond donors (Lipinski definition) is 1. The molecule has 5 aromatic rings. The van der Waals surface area contributed by atoms with Crippen LogP contribution in [0.1, 0.15) is 13.3 Å². The van der Waals surface area contributed by atoms with Gasteiger partial charge in [0.05, 0.1) is 15.7 Å². The van der Waals surface area contributed by atoms with E-state index in [0.717, 1.165) is 26.6 Å². The fourth-order valence-electron chi connectivity index (χ4n) is 5.09. The number of thiazole rings is 1. The summed E-state index contributed by atoms with van der Waals surface area (Å²) in [5.41, 5.74) is 2.79. The fraction of sp³-hybridized carbons (Fsp3) is 0.310. The van der Waals surface area contributed by atoms with Crippen molar-refractivity contribution in [1.82, 2.24) is 24.0 Å². The number of carbonyl (C=O) groups excluding carboxylic acids is 1. The normalized spacial score (nSPS) is 13.8. The van der Waals surface area contributed by atoms with Crippen molar-refractivity contribution in [3.63, 3.8) is 0 Å². The second kappa shape index (κ2) is 11.1. The Morgan fingerprint density at radius 2 is 1.83 bits per heavy atom. The molecule has 0 unspecified atom stereocenters. The lowest BCUT2D eigenvalue weighted by molar-refractivity contribution is -0.133. The molecule has 10 nitrogen and oxygen atoms in total. The van der Waals surface area contributed by atoms with Crippen LogP contribution in [0, 0.1) is 0 Å². The predicted octanol–water partition coefficient (Wildman–Crippen LogP) is 4.10. The Labute approximate surface area is 244 Å². The smallest absolute Gasteiger partial charge is 0.331 e. The number of carbonyl (C=O) groups is 1. The number of amides is 1. The molecule has 3 aromatic heterocycles. The number of anilines is 1. The third-order valence-corrected chi connectivity index (χ3v) is 8.67. The van der Waals surface area contributed by atoms with E-state index < -0.39 is 0 Å². The minimum atomic E-state index is -0.327. The predicted molar refractivity (Wildman–Crippen MR) is 162 cm³/mol. The highest BCUT2D eigenvalue weighted by molar-refractivity contribution is 7.22. The molecule has 1 aliphatic rings. The summed E-state index contributed by atoms with van der Waals surface area (Å²) in [6, 6.07) is 14.8. The largest absolute Gasteiger partial charge is 0.484 e. The topological polar surface area (TPSA) is 105 Å². The van der Waals surface area contributed by atoms with Gasteiger partial charge in [0.2, 0.25) is 0 Å². The molecular weight excluding hydrogens is 564 g/mol. The lowest BCUT2D eigenvalue weighted by atomic mass is 10.1. The number of rotatable bonds is 7. The lowest BCUT2D eigenvalue weighted by Crippen LogP contribution is -2.50. The van der Waals surface area contributed by atoms with Gasteiger partial charge in [0.1, 0.15) is 11.3 Å². The maximum absolute atomic E-state index is 12.9. The molecule has 0 aliphatic carbocycles. The van der Waals surface area contributed by atoms with Crippen LogP contribution < -0.4 is 20.9 Å². The molecule has 1 saturated heterocycles. The van der Waals surface area contributed by atoms with Crippen LogP contribution in [-0.4, -0.2) is 62.7 Å². The van der Waals surface area contributed by atoms with Crippen molar-refractivity contribution < 1.29 is 9.53 Å². The van der Waals surface area contributed by atoms with Gasteiger partial charge in [-0.3, -0.25) is 18.7 Å². The Bertz CT molecular complexity index is 1860. The number of piperazine rings is 1. The van der Waals surface area contributed by atoms with Crippen LogP contribution in [0.3, 0.4) is 0 Å². The number of ether oxygens (including phenoxy) is 1. The van der Waals surface area contributed by atoms with Crippen molar-refractivity contribution in [3.8, 4) is 17.0 Å². The first-order chi connectivity index (χ1) is 19.8. The van der Waals surface area contributed by atoms with Crippen molar-refractivity contribution in [2.75, 3.05) is 37.7 Å². The van der Waals surface area contributed by atoms with E-state index in [4.69, 9.17) is 21.3 Å². The summed E-state index contributed by atoms with van der Waals surface area (Å²) in [6.07, 6.45) is 0.689. The zero-order valence-electron chi connectivity index (χ0n) is 22.7. The standard InChI is InChI=1S/C29H29ClN6O4S/c1-3-10-36-27(38)26-23(33(2)29(36)39)16-22(31-26)18-4-7-20(8-5-18)40-17-25(37)34-11-13-35(14-12-34)28-32-21-9-6-19(30)15-24(21)41-28/h4-9,15-16,31H,3,10-14,17H2,1-2H3. The number of aryl methyl sites for hydroxylation is 1. The van der Waals surface area contributed by atoms with E-state index in [0.29, 0.717) is 61.0 Å².